The van der Waals surface area contributed by atoms with Crippen LogP contribution in [0.4, 0.5) is 0 Å². The fourth-order valence-corrected chi connectivity index (χ4v) is 2.02. The van der Waals surface area contributed by atoms with Crippen molar-refractivity contribution in [1.29, 1.82) is 0 Å². The van der Waals surface area contributed by atoms with Gasteiger partial charge in [0.2, 0.25) is 0 Å². The highest BCUT2D eigenvalue weighted by molar-refractivity contribution is 5.99. The Balaban J connectivity index is 2.23. The van der Waals surface area contributed by atoms with Crippen LogP contribution in [0, 0.1) is 0 Å². The molecule has 0 aliphatic carbocycles. The molecule has 2 aromatic rings. The second-order valence-corrected chi connectivity index (χ2v) is 4.50. The topological polar surface area (TPSA) is 49.8 Å². The van der Waals surface area contributed by atoms with Gasteiger partial charge in [0.15, 0.2) is 0 Å². The van der Waals surface area contributed by atoms with Gasteiger partial charge in [-0.15, -0.1) is 0 Å². The first-order valence-electron chi connectivity index (χ1n) is 6.29. The molecule has 2 rings (SSSR count). The molecule has 0 atom stereocenters. The Kier molecular flexibility index (Phi) is 4.25. The molecule has 0 unspecified atom stereocenters. The first-order valence-corrected chi connectivity index (χ1v) is 6.29. The van der Waals surface area contributed by atoms with E-state index in [9.17, 15) is 9.90 Å². The smallest absolute Gasteiger partial charge is 0.261 e. The number of methoxy groups -OCH3 is 1. The van der Waals surface area contributed by atoms with Gasteiger partial charge in [0.25, 0.3) is 5.91 Å². The number of ether oxygens (including phenoxy) is 1. The third kappa shape index (κ3) is 2.91. The summed E-state index contributed by atoms with van der Waals surface area (Å²) in [4.78, 5) is 14.0. The van der Waals surface area contributed by atoms with Gasteiger partial charge >= 0.3 is 0 Å². The van der Waals surface area contributed by atoms with Crippen molar-refractivity contribution in [3.05, 3.63) is 59.7 Å². The van der Waals surface area contributed by atoms with Gasteiger partial charge in [-0.05, 0) is 17.7 Å². The molecule has 0 spiro atoms. The molecule has 0 aliphatic rings. The van der Waals surface area contributed by atoms with Crippen LogP contribution in [0.1, 0.15) is 15.9 Å². The summed E-state index contributed by atoms with van der Waals surface area (Å²) < 4.78 is 5.14. The van der Waals surface area contributed by atoms with E-state index >= 15 is 0 Å². The molecule has 104 valence electrons. The van der Waals surface area contributed by atoms with Crippen LogP contribution >= 0.6 is 0 Å². The first-order chi connectivity index (χ1) is 9.63. The number of amides is 1. The van der Waals surface area contributed by atoms with Crippen LogP contribution < -0.4 is 4.74 Å². The number of hydrogen-bond acceptors (Lipinski definition) is 3. The number of rotatable bonds is 4. The normalized spacial score (nSPS) is 10.1. The number of nitrogens with zero attached hydrogens (tertiary/aromatic N) is 1. The van der Waals surface area contributed by atoms with E-state index in [-0.39, 0.29) is 17.2 Å². The summed E-state index contributed by atoms with van der Waals surface area (Å²) in [5.41, 5.74) is 1.21. The van der Waals surface area contributed by atoms with Crippen molar-refractivity contribution in [2.75, 3.05) is 14.2 Å². The van der Waals surface area contributed by atoms with Gasteiger partial charge in [-0.25, -0.2) is 0 Å². The third-order valence-corrected chi connectivity index (χ3v) is 3.05. The van der Waals surface area contributed by atoms with Crippen molar-refractivity contribution in [2.45, 2.75) is 6.54 Å². The van der Waals surface area contributed by atoms with Crippen LogP contribution in [0.2, 0.25) is 0 Å². The number of carbonyl (C=O) groups is 1. The van der Waals surface area contributed by atoms with Gasteiger partial charge in [0.05, 0.1) is 7.11 Å². The predicted octanol–water partition coefficient (Wildman–Crippen LogP) is 2.67. The lowest BCUT2D eigenvalue weighted by atomic mass is 10.1. The van der Waals surface area contributed by atoms with Crippen molar-refractivity contribution < 1.29 is 14.6 Å². The van der Waals surface area contributed by atoms with Gasteiger partial charge in [0.1, 0.15) is 17.1 Å². The summed E-state index contributed by atoms with van der Waals surface area (Å²) in [5.74, 6) is 0.0213. The van der Waals surface area contributed by atoms with E-state index in [2.05, 4.69) is 0 Å². The quantitative estimate of drug-likeness (QED) is 0.930. The van der Waals surface area contributed by atoms with Crippen molar-refractivity contribution >= 4 is 5.91 Å². The Morgan fingerprint density at radius 1 is 1.15 bits per heavy atom. The molecule has 1 N–H and O–H groups in total. The van der Waals surface area contributed by atoms with Gasteiger partial charge in [-0.2, -0.15) is 0 Å². The van der Waals surface area contributed by atoms with E-state index in [0.717, 1.165) is 5.56 Å². The number of hydrogen-bond donors (Lipinski definition) is 1. The molecular weight excluding hydrogens is 254 g/mol. The maximum atomic E-state index is 12.4. The van der Waals surface area contributed by atoms with Gasteiger partial charge < -0.3 is 14.7 Å². The Bertz CT molecular complexity index is 596. The van der Waals surface area contributed by atoms with Crippen LogP contribution in [0.15, 0.2) is 48.5 Å². The SMILES string of the molecule is COc1cccc(O)c1C(=O)N(C)Cc1ccccc1. The lowest BCUT2D eigenvalue weighted by Gasteiger charge is -2.19. The lowest BCUT2D eigenvalue weighted by molar-refractivity contribution is 0.0778. The maximum absolute atomic E-state index is 12.4. The predicted molar refractivity (Wildman–Crippen MR) is 76.9 cm³/mol. The lowest BCUT2D eigenvalue weighted by Crippen LogP contribution is -2.26. The van der Waals surface area contributed by atoms with Crippen molar-refractivity contribution in [2.24, 2.45) is 0 Å². The molecule has 4 nitrogen and oxygen atoms in total. The minimum atomic E-state index is -0.274. The zero-order chi connectivity index (χ0) is 14.5. The first kappa shape index (κ1) is 13.9. The number of phenolic OH excluding ortho intramolecular Hbond substituents is 1. The Morgan fingerprint density at radius 3 is 2.50 bits per heavy atom. The molecule has 2 aromatic carbocycles. The third-order valence-electron chi connectivity index (χ3n) is 3.05. The summed E-state index contributed by atoms with van der Waals surface area (Å²) in [7, 11) is 3.17. The number of benzene rings is 2. The van der Waals surface area contributed by atoms with Crippen LogP contribution in [0.5, 0.6) is 11.5 Å². The van der Waals surface area contributed by atoms with E-state index in [1.165, 1.54) is 13.2 Å². The minimum absolute atomic E-state index is 0.0748. The molecular formula is C16H17NO3. The fraction of sp³-hybridized carbons (Fsp3) is 0.188. The van der Waals surface area contributed by atoms with Gasteiger partial charge in [0, 0.05) is 13.6 Å². The van der Waals surface area contributed by atoms with Gasteiger partial charge in [-0.1, -0.05) is 36.4 Å². The van der Waals surface area contributed by atoms with Gasteiger partial charge in [-0.3, -0.25) is 4.79 Å². The summed E-state index contributed by atoms with van der Waals surface area (Å²) >= 11 is 0. The highest BCUT2D eigenvalue weighted by Gasteiger charge is 2.20. The van der Waals surface area contributed by atoms with Crippen LogP contribution in [-0.2, 0) is 6.54 Å². The number of carbonyl (C=O) groups excluding carboxylic acids is 1. The van der Waals surface area contributed by atoms with E-state index in [0.29, 0.717) is 12.3 Å². The monoisotopic (exact) mass is 271 g/mol. The minimum Gasteiger partial charge on any atom is -0.507 e. The van der Waals surface area contributed by atoms with Crippen molar-refractivity contribution in [3.63, 3.8) is 0 Å². The molecule has 0 bridgehead atoms. The highest BCUT2D eigenvalue weighted by Crippen LogP contribution is 2.28. The molecule has 0 saturated carbocycles. The van der Waals surface area contributed by atoms with Crippen molar-refractivity contribution in [1.82, 2.24) is 4.90 Å². The molecule has 0 radical (unpaired) electrons. The van der Waals surface area contributed by atoms with E-state index in [4.69, 9.17) is 4.74 Å². The Hall–Kier alpha value is -2.49. The highest BCUT2D eigenvalue weighted by atomic mass is 16.5. The Morgan fingerprint density at radius 2 is 1.85 bits per heavy atom. The van der Waals surface area contributed by atoms with Crippen LogP contribution in [0.3, 0.4) is 0 Å². The fourth-order valence-electron chi connectivity index (χ4n) is 2.02. The number of aromatic hydroxyl groups is 1. The average Bonchev–Trinajstić information content (AvgIpc) is 2.47. The summed E-state index contributed by atoms with van der Waals surface area (Å²) in [6.45, 7) is 0.469. The molecule has 1 amide bonds. The van der Waals surface area contributed by atoms with E-state index in [1.54, 1.807) is 24.1 Å². The standard InChI is InChI=1S/C16H17NO3/c1-17(11-12-7-4-3-5-8-12)16(19)15-13(18)9-6-10-14(15)20-2/h3-10,18H,11H2,1-2H3. The summed E-state index contributed by atoms with van der Waals surface area (Å²) in [6.07, 6.45) is 0. The molecule has 4 heteroatoms. The molecule has 20 heavy (non-hydrogen) atoms. The van der Waals surface area contributed by atoms with Crippen molar-refractivity contribution in [3.8, 4) is 11.5 Å². The largest absolute Gasteiger partial charge is 0.507 e. The number of phenols is 1. The molecule has 0 fully saturated rings. The molecule has 0 aliphatic heterocycles. The van der Waals surface area contributed by atoms with E-state index < -0.39 is 0 Å². The zero-order valence-electron chi connectivity index (χ0n) is 11.5. The van der Waals surface area contributed by atoms with E-state index in [1.807, 2.05) is 30.3 Å². The van der Waals surface area contributed by atoms with Crippen LogP contribution in [0.25, 0.3) is 0 Å². The second-order valence-electron chi connectivity index (χ2n) is 4.50. The Labute approximate surface area is 118 Å². The zero-order valence-corrected chi connectivity index (χ0v) is 11.5. The molecule has 0 aromatic heterocycles. The average molecular weight is 271 g/mol. The molecule has 0 heterocycles. The summed E-state index contributed by atoms with van der Waals surface area (Å²) in [5, 5.41) is 9.88. The maximum Gasteiger partial charge on any atom is 0.261 e. The van der Waals surface area contributed by atoms with Crippen LogP contribution in [-0.4, -0.2) is 30.1 Å². The second kappa shape index (κ2) is 6.10. The summed E-state index contributed by atoms with van der Waals surface area (Å²) in [6, 6.07) is 14.5. The molecule has 0 saturated heterocycles.